The van der Waals surface area contributed by atoms with Crippen LogP contribution >= 0.6 is 0 Å². The summed E-state index contributed by atoms with van der Waals surface area (Å²) >= 11 is 0. The van der Waals surface area contributed by atoms with Gasteiger partial charge in [0.05, 0.1) is 16.7 Å². The first kappa shape index (κ1) is 26.2. The zero-order chi connectivity index (χ0) is 29.8. The lowest BCUT2D eigenvalue weighted by Crippen LogP contribution is -2.24. The summed E-state index contributed by atoms with van der Waals surface area (Å²) in [6.07, 6.45) is 0. The average molecular weight is 569 g/mol. The minimum Gasteiger partial charge on any atom is -0.291 e. The number of imidazole rings is 1. The molecule has 212 valence electrons. The number of fused-ring (bicyclic) bond motifs is 4. The van der Waals surface area contributed by atoms with E-state index in [2.05, 4.69) is 129 Å². The number of aromatic nitrogens is 2. The first-order valence-electron chi connectivity index (χ1n) is 15.3. The van der Waals surface area contributed by atoms with Crippen molar-refractivity contribution in [3.05, 3.63) is 150 Å². The molecule has 0 atom stereocenters. The first-order valence-corrected chi connectivity index (χ1v) is 15.3. The van der Waals surface area contributed by atoms with Crippen molar-refractivity contribution >= 4 is 43.4 Å². The van der Waals surface area contributed by atoms with E-state index >= 15 is 0 Å². The SMILES string of the molecule is CC(C)Cn1c(=O)n(-c2ccc(-c3c4ccccc4c(-c4ccc5ccccc5c4)c4ccccc34)cc2)c2ccccc21. The highest BCUT2D eigenvalue weighted by Crippen LogP contribution is 2.44. The second-order valence-electron chi connectivity index (χ2n) is 12.1. The van der Waals surface area contributed by atoms with Crippen molar-refractivity contribution in [1.29, 1.82) is 0 Å². The number of nitrogens with zero attached hydrogens (tertiary/aromatic N) is 2. The minimum absolute atomic E-state index is 0.00304. The summed E-state index contributed by atoms with van der Waals surface area (Å²) in [5.41, 5.74) is 7.59. The molecule has 0 saturated carbocycles. The second kappa shape index (κ2) is 10.4. The van der Waals surface area contributed by atoms with Crippen LogP contribution < -0.4 is 5.69 Å². The van der Waals surface area contributed by atoms with Gasteiger partial charge in [0.25, 0.3) is 0 Å². The van der Waals surface area contributed by atoms with E-state index in [0.717, 1.165) is 22.3 Å². The Bertz CT molecular complexity index is 2350. The molecule has 0 fully saturated rings. The molecule has 0 saturated heterocycles. The average Bonchev–Trinajstić information content (AvgIpc) is 3.33. The number of para-hydroxylation sites is 2. The molecule has 1 heterocycles. The normalized spacial score (nSPS) is 11.8. The van der Waals surface area contributed by atoms with Crippen LogP contribution in [-0.2, 0) is 6.54 Å². The van der Waals surface area contributed by atoms with Gasteiger partial charge >= 0.3 is 5.69 Å². The maximum atomic E-state index is 13.7. The fraction of sp³-hybridized carbons (Fsp3) is 0.0976. The predicted molar refractivity (Wildman–Crippen MR) is 186 cm³/mol. The van der Waals surface area contributed by atoms with Gasteiger partial charge in [0.2, 0.25) is 0 Å². The van der Waals surface area contributed by atoms with Gasteiger partial charge in [-0.05, 0) is 90.8 Å². The third kappa shape index (κ3) is 4.16. The minimum atomic E-state index is 0.00304. The summed E-state index contributed by atoms with van der Waals surface area (Å²) < 4.78 is 3.75. The molecule has 1 aromatic heterocycles. The van der Waals surface area contributed by atoms with E-state index in [1.165, 1.54) is 49.0 Å². The number of benzene rings is 7. The maximum Gasteiger partial charge on any atom is 0.333 e. The number of hydrogen-bond acceptors (Lipinski definition) is 1. The lowest BCUT2D eigenvalue weighted by atomic mass is 9.85. The molecule has 0 N–H and O–H groups in total. The number of hydrogen-bond donors (Lipinski definition) is 0. The zero-order valence-electron chi connectivity index (χ0n) is 24.9. The van der Waals surface area contributed by atoms with E-state index in [1.54, 1.807) is 0 Å². The van der Waals surface area contributed by atoms with Gasteiger partial charge in [0.1, 0.15) is 0 Å². The topological polar surface area (TPSA) is 26.9 Å². The Morgan fingerprint density at radius 2 is 1.02 bits per heavy atom. The van der Waals surface area contributed by atoms with E-state index in [4.69, 9.17) is 0 Å². The molecule has 0 unspecified atom stereocenters. The smallest absolute Gasteiger partial charge is 0.291 e. The van der Waals surface area contributed by atoms with E-state index in [9.17, 15) is 4.79 Å². The summed E-state index contributed by atoms with van der Waals surface area (Å²) in [4.78, 5) is 13.7. The number of rotatable bonds is 5. The van der Waals surface area contributed by atoms with Gasteiger partial charge in [-0.1, -0.05) is 123 Å². The van der Waals surface area contributed by atoms with Crippen LogP contribution in [0.4, 0.5) is 0 Å². The molecule has 3 heteroatoms. The van der Waals surface area contributed by atoms with E-state index < -0.39 is 0 Å². The van der Waals surface area contributed by atoms with Gasteiger partial charge in [0, 0.05) is 6.54 Å². The second-order valence-corrected chi connectivity index (χ2v) is 12.1. The van der Waals surface area contributed by atoms with E-state index in [0.29, 0.717) is 12.5 Å². The lowest BCUT2D eigenvalue weighted by molar-refractivity contribution is 0.519. The molecular formula is C41H32N2O. The molecule has 0 spiro atoms. The van der Waals surface area contributed by atoms with Crippen molar-refractivity contribution in [3.8, 4) is 27.9 Å². The third-order valence-corrected chi connectivity index (χ3v) is 8.77. The van der Waals surface area contributed by atoms with E-state index in [1.807, 2.05) is 33.4 Å². The molecule has 0 bridgehead atoms. The molecule has 0 aliphatic carbocycles. The molecule has 8 rings (SSSR count). The highest BCUT2D eigenvalue weighted by Gasteiger charge is 2.18. The summed E-state index contributed by atoms with van der Waals surface area (Å²) in [6, 6.07) is 49.4. The highest BCUT2D eigenvalue weighted by atomic mass is 16.1. The standard InChI is InChI=1S/C41H32N2O/c1-27(2)26-42-37-17-9-10-18-38(37)43(41(42)44)32-23-21-29(22-24-32)39-33-13-5-7-15-35(33)40(36-16-8-6-14-34(36)39)31-20-19-28-11-3-4-12-30(28)25-31/h3-25,27H,26H2,1-2H3. The van der Waals surface area contributed by atoms with Crippen molar-refractivity contribution in [1.82, 2.24) is 9.13 Å². The van der Waals surface area contributed by atoms with Crippen LogP contribution in [0.1, 0.15) is 13.8 Å². The van der Waals surface area contributed by atoms with Crippen LogP contribution in [0, 0.1) is 5.92 Å². The van der Waals surface area contributed by atoms with Gasteiger partial charge in [-0.2, -0.15) is 0 Å². The van der Waals surface area contributed by atoms with Crippen molar-refractivity contribution < 1.29 is 0 Å². The zero-order valence-corrected chi connectivity index (χ0v) is 24.9. The van der Waals surface area contributed by atoms with Crippen LogP contribution in [0.3, 0.4) is 0 Å². The van der Waals surface area contributed by atoms with Crippen molar-refractivity contribution in [2.45, 2.75) is 20.4 Å². The molecule has 7 aromatic carbocycles. The summed E-state index contributed by atoms with van der Waals surface area (Å²) in [5, 5.41) is 7.37. The van der Waals surface area contributed by atoms with Crippen LogP contribution in [0.15, 0.2) is 144 Å². The monoisotopic (exact) mass is 568 g/mol. The van der Waals surface area contributed by atoms with Crippen molar-refractivity contribution in [2.24, 2.45) is 5.92 Å². The van der Waals surface area contributed by atoms with E-state index in [-0.39, 0.29) is 5.69 Å². The Morgan fingerprint density at radius 3 is 1.64 bits per heavy atom. The Hall–Kier alpha value is -5.41. The third-order valence-electron chi connectivity index (χ3n) is 8.77. The van der Waals surface area contributed by atoms with Gasteiger partial charge in [-0.3, -0.25) is 9.13 Å². The molecular weight excluding hydrogens is 536 g/mol. The Morgan fingerprint density at radius 1 is 0.523 bits per heavy atom. The quantitative estimate of drug-likeness (QED) is 0.190. The van der Waals surface area contributed by atoms with Crippen LogP contribution in [0.5, 0.6) is 0 Å². The van der Waals surface area contributed by atoms with Gasteiger partial charge in [0.15, 0.2) is 0 Å². The fourth-order valence-electron chi connectivity index (χ4n) is 6.87. The molecule has 0 radical (unpaired) electrons. The van der Waals surface area contributed by atoms with Crippen LogP contribution in [-0.4, -0.2) is 9.13 Å². The molecule has 0 aliphatic rings. The predicted octanol–water partition coefficient (Wildman–Crippen LogP) is 10.2. The van der Waals surface area contributed by atoms with Crippen molar-refractivity contribution in [2.75, 3.05) is 0 Å². The molecule has 3 nitrogen and oxygen atoms in total. The molecule has 0 amide bonds. The lowest BCUT2D eigenvalue weighted by Gasteiger charge is -2.18. The van der Waals surface area contributed by atoms with Crippen molar-refractivity contribution in [3.63, 3.8) is 0 Å². The van der Waals surface area contributed by atoms with Gasteiger partial charge < -0.3 is 0 Å². The Balaban J connectivity index is 1.33. The fourth-order valence-corrected chi connectivity index (χ4v) is 6.87. The van der Waals surface area contributed by atoms with Gasteiger partial charge in [-0.25, -0.2) is 4.79 Å². The van der Waals surface area contributed by atoms with Crippen LogP contribution in [0.2, 0.25) is 0 Å². The maximum absolute atomic E-state index is 13.7. The summed E-state index contributed by atoms with van der Waals surface area (Å²) in [5.74, 6) is 0.369. The molecule has 8 aromatic rings. The molecule has 44 heavy (non-hydrogen) atoms. The highest BCUT2D eigenvalue weighted by molar-refractivity contribution is 6.21. The molecule has 0 aliphatic heterocycles. The summed E-state index contributed by atoms with van der Waals surface area (Å²) in [6.45, 7) is 4.98. The Labute approximate surface area is 256 Å². The largest absolute Gasteiger partial charge is 0.333 e. The van der Waals surface area contributed by atoms with Crippen LogP contribution in [0.25, 0.3) is 71.3 Å². The summed E-state index contributed by atoms with van der Waals surface area (Å²) in [7, 11) is 0. The van der Waals surface area contributed by atoms with Gasteiger partial charge in [-0.15, -0.1) is 0 Å². The Kier molecular flexibility index (Phi) is 6.20. The first-order chi connectivity index (χ1) is 21.6.